The largest absolute Gasteiger partial charge is 0.457 e. The molecule has 1 aliphatic heterocycles. The summed E-state index contributed by atoms with van der Waals surface area (Å²) >= 11 is 0. The molecule has 6 atom stereocenters. The first-order valence-electron chi connectivity index (χ1n) is 19.0. The molecule has 0 amide bonds. The van der Waals surface area contributed by atoms with Gasteiger partial charge in [-0.1, -0.05) is 119 Å². The first kappa shape index (κ1) is 45.7. The van der Waals surface area contributed by atoms with E-state index in [-0.39, 0.29) is 25.6 Å². The third-order valence-electron chi connectivity index (χ3n) is 8.14. The fourth-order valence-corrected chi connectivity index (χ4v) is 5.14. The van der Waals surface area contributed by atoms with Gasteiger partial charge >= 0.3 is 5.97 Å². The van der Waals surface area contributed by atoms with Crippen LogP contribution in [-0.2, 0) is 23.7 Å². The van der Waals surface area contributed by atoms with Crippen LogP contribution in [0, 0.1) is 0 Å². The molecule has 1 aliphatic rings. The molecule has 0 aromatic heterocycles. The molecule has 1 fully saturated rings. The monoisotopic (exact) mass is 704 g/mol. The summed E-state index contributed by atoms with van der Waals surface area (Å²) in [6.07, 6.45) is 33.8. The van der Waals surface area contributed by atoms with Crippen LogP contribution in [0.2, 0.25) is 0 Å². The van der Waals surface area contributed by atoms with E-state index in [4.69, 9.17) is 18.9 Å². The molecule has 1 heterocycles. The second kappa shape index (κ2) is 32.5. The highest BCUT2D eigenvalue weighted by Crippen LogP contribution is 2.22. The van der Waals surface area contributed by atoms with Crippen LogP contribution in [-0.4, -0.2) is 89.6 Å². The van der Waals surface area contributed by atoms with Crippen molar-refractivity contribution in [2.24, 2.45) is 0 Å². The third kappa shape index (κ3) is 23.9. The SMILES string of the molecule is CC/C=C\C/C=C\C/C=C\C/C=C\C/C=C\C/C=C\CCCCC(=O)OC(COCCCCCCCC)COC1OC(CO)C(O)C(O)C1O. The predicted molar refractivity (Wildman–Crippen MR) is 200 cm³/mol. The molecule has 0 radical (unpaired) electrons. The van der Waals surface area contributed by atoms with Crippen molar-refractivity contribution in [2.45, 2.75) is 153 Å². The Balaban J connectivity index is 2.31. The molecule has 0 aliphatic carbocycles. The lowest BCUT2D eigenvalue weighted by atomic mass is 9.99. The summed E-state index contributed by atoms with van der Waals surface area (Å²) in [7, 11) is 0. The van der Waals surface area contributed by atoms with Gasteiger partial charge in [0.05, 0.1) is 19.8 Å². The second-order valence-electron chi connectivity index (χ2n) is 12.6. The highest BCUT2D eigenvalue weighted by atomic mass is 16.7. The number of carbonyl (C=O) groups is 1. The summed E-state index contributed by atoms with van der Waals surface area (Å²) in [5.74, 6) is -0.363. The molecule has 4 N–H and O–H groups in total. The van der Waals surface area contributed by atoms with Gasteiger partial charge in [0.15, 0.2) is 6.29 Å². The van der Waals surface area contributed by atoms with Crippen LogP contribution in [0.15, 0.2) is 72.9 Å². The summed E-state index contributed by atoms with van der Waals surface area (Å²) in [5.41, 5.74) is 0. The molecule has 0 saturated carbocycles. The minimum Gasteiger partial charge on any atom is -0.457 e. The third-order valence-corrected chi connectivity index (χ3v) is 8.14. The molecule has 9 heteroatoms. The van der Waals surface area contributed by atoms with Gasteiger partial charge in [-0.15, -0.1) is 0 Å². The van der Waals surface area contributed by atoms with E-state index in [0.29, 0.717) is 13.0 Å². The zero-order valence-corrected chi connectivity index (χ0v) is 30.9. The lowest BCUT2D eigenvalue weighted by molar-refractivity contribution is -0.305. The molecule has 50 heavy (non-hydrogen) atoms. The normalized spacial score (nSPS) is 22.4. The van der Waals surface area contributed by atoms with E-state index >= 15 is 0 Å². The Kier molecular flexibility index (Phi) is 29.7. The standard InChI is InChI=1S/C41H68O9/c1-3-5-7-9-11-12-13-14-15-16-17-18-19-20-21-22-23-24-25-26-28-30-37(43)49-35(33-47-31-29-27-10-8-6-4-2)34-48-41-40(46)39(45)38(44)36(32-42)50-41/h5,7,11-12,14-15,17-18,20-21,23-24,35-36,38-42,44-46H,3-4,6,8-10,13,16,19,22,25-34H2,1-2H3/b7-5-,12-11-,15-14-,18-17-,21-20-,24-23-. The average Bonchev–Trinajstić information content (AvgIpc) is 3.11. The van der Waals surface area contributed by atoms with Crippen molar-refractivity contribution in [2.75, 3.05) is 26.4 Å². The number of hydrogen-bond donors (Lipinski definition) is 4. The number of hydrogen-bond acceptors (Lipinski definition) is 9. The minimum atomic E-state index is -1.54. The fraction of sp³-hybridized carbons (Fsp3) is 0.683. The molecule has 0 aromatic carbocycles. The van der Waals surface area contributed by atoms with Gasteiger partial charge < -0.3 is 39.4 Å². The van der Waals surface area contributed by atoms with Crippen molar-refractivity contribution in [1.29, 1.82) is 0 Å². The average molecular weight is 705 g/mol. The number of unbranched alkanes of at least 4 members (excludes halogenated alkanes) is 7. The zero-order chi connectivity index (χ0) is 36.5. The Morgan fingerprint density at radius 3 is 1.80 bits per heavy atom. The molecule has 6 unspecified atom stereocenters. The van der Waals surface area contributed by atoms with Gasteiger partial charge in [-0.2, -0.15) is 0 Å². The topological polar surface area (TPSA) is 135 Å². The van der Waals surface area contributed by atoms with Crippen molar-refractivity contribution in [1.82, 2.24) is 0 Å². The lowest BCUT2D eigenvalue weighted by Crippen LogP contribution is -2.59. The van der Waals surface area contributed by atoms with E-state index < -0.39 is 43.4 Å². The summed E-state index contributed by atoms with van der Waals surface area (Å²) in [6, 6.07) is 0. The van der Waals surface area contributed by atoms with Crippen molar-refractivity contribution >= 4 is 5.97 Å². The maximum Gasteiger partial charge on any atom is 0.306 e. The highest BCUT2D eigenvalue weighted by molar-refractivity contribution is 5.69. The summed E-state index contributed by atoms with van der Waals surface area (Å²) < 4.78 is 22.5. The first-order valence-corrected chi connectivity index (χ1v) is 19.0. The van der Waals surface area contributed by atoms with Crippen LogP contribution in [0.1, 0.15) is 117 Å². The Bertz CT molecular complexity index is 985. The number of rotatable bonds is 30. The van der Waals surface area contributed by atoms with Gasteiger partial charge in [-0.25, -0.2) is 0 Å². The van der Waals surface area contributed by atoms with Crippen molar-refractivity contribution in [3.05, 3.63) is 72.9 Å². The van der Waals surface area contributed by atoms with Crippen molar-refractivity contribution in [3.63, 3.8) is 0 Å². The molecule has 1 rings (SSSR count). The van der Waals surface area contributed by atoms with Crippen molar-refractivity contribution in [3.8, 4) is 0 Å². The van der Waals surface area contributed by atoms with Crippen LogP contribution in [0.4, 0.5) is 0 Å². The van der Waals surface area contributed by atoms with Gasteiger partial charge in [0, 0.05) is 13.0 Å². The van der Waals surface area contributed by atoms with Gasteiger partial charge in [-0.05, 0) is 64.2 Å². The number of ether oxygens (including phenoxy) is 4. The van der Waals surface area contributed by atoms with E-state index in [1.165, 1.54) is 19.3 Å². The summed E-state index contributed by atoms with van der Waals surface area (Å²) in [4.78, 5) is 12.6. The fourth-order valence-electron chi connectivity index (χ4n) is 5.14. The molecule has 0 spiro atoms. The van der Waals surface area contributed by atoms with Crippen LogP contribution in [0.25, 0.3) is 0 Å². The molecule has 9 nitrogen and oxygen atoms in total. The van der Waals surface area contributed by atoms with Gasteiger partial charge in [-0.3, -0.25) is 4.79 Å². The maximum atomic E-state index is 12.6. The lowest BCUT2D eigenvalue weighted by Gasteiger charge is -2.39. The molecule has 0 aromatic rings. The van der Waals surface area contributed by atoms with Gasteiger partial charge in [0.2, 0.25) is 0 Å². The zero-order valence-electron chi connectivity index (χ0n) is 30.9. The number of aliphatic hydroxyl groups excluding tert-OH is 4. The maximum absolute atomic E-state index is 12.6. The van der Waals surface area contributed by atoms with Crippen molar-refractivity contribution < 1.29 is 44.2 Å². The van der Waals surface area contributed by atoms with E-state index in [9.17, 15) is 25.2 Å². The Morgan fingerprint density at radius 2 is 1.22 bits per heavy atom. The number of aliphatic hydroxyl groups is 4. The molecule has 286 valence electrons. The second-order valence-corrected chi connectivity index (χ2v) is 12.6. The Labute approximate surface area is 302 Å². The van der Waals surface area contributed by atoms with E-state index in [2.05, 4.69) is 86.8 Å². The quantitative estimate of drug-likeness (QED) is 0.0344. The Hall–Kier alpha value is -2.37. The molecular formula is C41H68O9. The molecular weight excluding hydrogens is 636 g/mol. The van der Waals surface area contributed by atoms with Crippen LogP contribution >= 0.6 is 0 Å². The van der Waals surface area contributed by atoms with E-state index in [1.807, 2.05) is 0 Å². The smallest absolute Gasteiger partial charge is 0.306 e. The van der Waals surface area contributed by atoms with Crippen LogP contribution < -0.4 is 0 Å². The number of allylic oxidation sites excluding steroid dienone is 12. The Morgan fingerprint density at radius 1 is 0.660 bits per heavy atom. The summed E-state index contributed by atoms with van der Waals surface area (Å²) in [5, 5.41) is 39.8. The predicted octanol–water partition coefficient (Wildman–Crippen LogP) is 7.35. The van der Waals surface area contributed by atoms with Gasteiger partial charge in [0.25, 0.3) is 0 Å². The van der Waals surface area contributed by atoms with Gasteiger partial charge in [0.1, 0.15) is 30.5 Å². The number of esters is 1. The number of carbonyl (C=O) groups excluding carboxylic acids is 1. The highest BCUT2D eigenvalue weighted by Gasteiger charge is 2.44. The molecule has 1 saturated heterocycles. The minimum absolute atomic E-state index is 0.122. The first-order chi connectivity index (χ1) is 24.4. The van der Waals surface area contributed by atoms with Crippen LogP contribution in [0.5, 0.6) is 0 Å². The van der Waals surface area contributed by atoms with Crippen LogP contribution in [0.3, 0.4) is 0 Å². The van der Waals surface area contributed by atoms with E-state index in [1.54, 1.807) is 0 Å². The summed E-state index contributed by atoms with van der Waals surface area (Å²) in [6.45, 7) is 4.30. The molecule has 0 bridgehead atoms. The van der Waals surface area contributed by atoms with E-state index in [0.717, 1.165) is 70.6 Å².